The molecule has 2 heterocycles. The number of nitrogens with one attached hydrogen (secondary N) is 1. The molecule has 0 aliphatic carbocycles. The van der Waals surface area contributed by atoms with E-state index in [2.05, 4.69) is 10.3 Å². The first-order valence-electron chi connectivity index (χ1n) is 6.97. The summed E-state index contributed by atoms with van der Waals surface area (Å²) < 4.78 is 39.8. The number of amides is 1. The molecule has 4 nitrogen and oxygen atoms in total. The van der Waals surface area contributed by atoms with E-state index < -0.39 is 17.6 Å². The highest BCUT2D eigenvalue weighted by molar-refractivity contribution is 7.14. The molecule has 1 aromatic carbocycles. The molecule has 124 valence electrons. The van der Waals surface area contributed by atoms with E-state index in [0.29, 0.717) is 0 Å². The number of carbonyl (C=O) groups excluding carboxylic acids is 1. The summed E-state index contributed by atoms with van der Waals surface area (Å²) in [6.07, 6.45) is 0.877. The van der Waals surface area contributed by atoms with Gasteiger partial charge >= 0.3 is 6.18 Å². The smallest absolute Gasteiger partial charge is 0.326 e. The third-order valence-electron chi connectivity index (χ3n) is 3.18. The number of rotatable bonds is 4. The number of benzene rings is 1. The Morgan fingerprint density at radius 1 is 1.21 bits per heavy atom. The van der Waals surface area contributed by atoms with Gasteiger partial charge in [0, 0.05) is 29.2 Å². The third-order valence-corrected chi connectivity index (χ3v) is 4.19. The second kappa shape index (κ2) is 6.48. The minimum Gasteiger partial charge on any atom is -0.326 e. The standard InChI is InChI=1S/C16H12F3N3OS/c17-16(18,19)11-4-3-5-12(8-11)21-14(23)9-13-10-20-15(24-13)22-6-1-2-7-22/h1-8,10H,9H2,(H,21,23). The highest BCUT2D eigenvalue weighted by atomic mass is 32.1. The average molecular weight is 351 g/mol. The summed E-state index contributed by atoms with van der Waals surface area (Å²) in [4.78, 5) is 17.0. The molecule has 0 aliphatic rings. The summed E-state index contributed by atoms with van der Waals surface area (Å²) in [5, 5.41) is 3.20. The Bertz CT molecular complexity index is 840. The van der Waals surface area contributed by atoms with E-state index in [4.69, 9.17) is 0 Å². The first-order valence-corrected chi connectivity index (χ1v) is 7.78. The maximum atomic E-state index is 12.7. The van der Waals surface area contributed by atoms with E-state index >= 15 is 0 Å². The number of alkyl halides is 3. The summed E-state index contributed by atoms with van der Waals surface area (Å²) in [7, 11) is 0. The third kappa shape index (κ3) is 3.83. The predicted octanol–water partition coefficient (Wildman–Crippen LogP) is 4.13. The molecule has 1 amide bonds. The normalized spacial score (nSPS) is 11.5. The van der Waals surface area contributed by atoms with Crippen molar-refractivity contribution < 1.29 is 18.0 Å². The molecule has 0 bridgehead atoms. The van der Waals surface area contributed by atoms with Crippen molar-refractivity contribution >= 4 is 22.9 Å². The van der Waals surface area contributed by atoms with Crippen molar-refractivity contribution in [2.45, 2.75) is 12.6 Å². The lowest BCUT2D eigenvalue weighted by Gasteiger charge is -2.09. The van der Waals surface area contributed by atoms with Crippen LogP contribution in [0.2, 0.25) is 0 Å². The van der Waals surface area contributed by atoms with Crippen LogP contribution in [-0.2, 0) is 17.4 Å². The SMILES string of the molecule is O=C(Cc1cnc(-n2cccc2)s1)Nc1cccc(C(F)(F)F)c1. The molecule has 0 atom stereocenters. The maximum absolute atomic E-state index is 12.7. The van der Waals surface area contributed by atoms with Gasteiger partial charge in [-0.2, -0.15) is 13.2 Å². The van der Waals surface area contributed by atoms with Crippen LogP contribution in [-0.4, -0.2) is 15.5 Å². The number of nitrogens with zero attached hydrogens (tertiary/aromatic N) is 2. The minimum atomic E-state index is -4.44. The van der Waals surface area contributed by atoms with E-state index in [0.717, 1.165) is 22.1 Å². The first-order chi connectivity index (χ1) is 11.4. The van der Waals surface area contributed by atoms with Crippen molar-refractivity contribution in [3.63, 3.8) is 0 Å². The lowest BCUT2D eigenvalue weighted by molar-refractivity contribution is -0.137. The highest BCUT2D eigenvalue weighted by Gasteiger charge is 2.30. The molecule has 0 saturated carbocycles. The summed E-state index contributed by atoms with van der Waals surface area (Å²) in [5.41, 5.74) is -0.682. The summed E-state index contributed by atoms with van der Waals surface area (Å²) in [6, 6.07) is 8.28. The monoisotopic (exact) mass is 351 g/mol. The Morgan fingerprint density at radius 3 is 2.67 bits per heavy atom. The molecule has 0 fully saturated rings. The van der Waals surface area contributed by atoms with Crippen LogP contribution >= 0.6 is 11.3 Å². The number of hydrogen-bond donors (Lipinski definition) is 1. The van der Waals surface area contributed by atoms with Crippen molar-refractivity contribution in [2.75, 3.05) is 5.32 Å². The lowest BCUT2D eigenvalue weighted by Crippen LogP contribution is -2.14. The predicted molar refractivity (Wildman–Crippen MR) is 85.2 cm³/mol. The van der Waals surface area contributed by atoms with Gasteiger partial charge in [0.25, 0.3) is 0 Å². The zero-order chi connectivity index (χ0) is 17.2. The molecule has 2 aromatic heterocycles. The molecule has 3 aromatic rings. The van der Waals surface area contributed by atoms with Crippen molar-refractivity contribution in [3.05, 3.63) is 65.4 Å². The summed E-state index contributed by atoms with van der Waals surface area (Å²) in [6.45, 7) is 0. The number of anilines is 1. The van der Waals surface area contributed by atoms with Crippen molar-refractivity contribution in [1.29, 1.82) is 0 Å². The number of halogens is 3. The Labute approximate surface area is 139 Å². The van der Waals surface area contributed by atoms with Gasteiger partial charge in [-0.05, 0) is 30.3 Å². The maximum Gasteiger partial charge on any atom is 0.416 e. The number of aromatic nitrogens is 2. The first kappa shape index (κ1) is 16.3. The van der Waals surface area contributed by atoms with Gasteiger partial charge in [0.1, 0.15) is 0 Å². The fourth-order valence-corrected chi connectivity index (χ4v) is 2.97. The van der Waals surface area contributed by atoms with Crippen LogP contribution < -0.4 is 5.32 Å². The average Bonchev–Trinajstić information content (AvgIpc) is 3.17. The number of thiazole rings is 1. The Hall–Kier alpha value is -2.61. The second-order valence-corrected chi connectivity index (χ2v) is 6.10. The fourth-order valence-electron chi connectivity index (χ4n) is 2.10. The molecule has 24 heavy (non-hydrogen) atoms. The van der Waals surface area contributed by atoms with Gasteiger partial charge in [0.05, 0.1) is 12.0 Å². The van der Waals surface area contributed by atoms with Crippen LogP contribution in [0.5, 0.6) is 0 Å². The summed E-state index contributed by atoms with van der Waals surface area (Å²) >= 11 is 1.35. The molecular formula is C16H12F3N3OS. The van der Waals surface area contributed by atoms with Crippen molar-refractivity contribution in [1.82, 2.24) is 9.55 Å². The van der Waals surface area contributed by atoms with Crippen LogP contribution in [0.4, 0.5) is 18.9 Å². The Kier molecular flexibility index (Phi) is 4.39. The van der Waals surface area contributed by atoms with Crippen molar-refractivity contribution in [3.8, 4) is 5.13 Å². The molecule has 0 radical (unpaired) electrons. The minimum absolute atomic E-state index is 0.0508. The quantitative estimate of drug-likeness (QED) is 0.768. The molecule has 0 saturated heterocycles. The second-order valence-electron chi connectivity index (χ2n) is 5.00. The Morgan fingerprint density at radius 2 is 1.96 bits per heavy atom. The Balaban J connectivity index is 1.66. The van der Waals surface area contributed by atoms with Crippen LogP contribution in [0, 0.1) is 0 Å². The largest absolute Gasteiger partial charge is 0.416 e. The van der Waals surface area contributed by atoms with Gasteiger partial charge in [-0.3, -0.25) is 4.79 Å². The zero-order valence-corrected chi connectivity index (χ0v) is 13.1. The fraction of sp³-hybridized carbons (Fsp3) is 0.125. The molecule has 0 unspecified atom stereocenters. The van der Waals surface area contributed by atoms with Gasteiger partial charge < -0.3 is 9.88 Å². The molecular weight excluding hydrogens is 339 g/mol. The van der Waals surface area contributed by atoms with Gasteiger partial charge in [0.2, 0.25) is 5.91 Å². The zero-order valence-electron chi connectivity index (χ0n) is 12.2. The molecule has 0 spiro atoms. The molecule has 3 rings (SSSR count). The molecule has 0 aliphatic heterocycles. The van der Waals surface area contributed by atoms with Gasteiger partial charge in [0.15, 0.2) is 5.13 Å². The van der Waals surface area contributed by atoms with Gasteiger partial charge in [-0.15, -0.1) is 11.3 Å². The summed E-state index contributed by atoms with van der Waals surface area (Å²) in [5.74, 6) is -0.392. The van der Waals surface area contributed by atoms with Gasteiger partial charge in [-0.1, -0.05) is 6.07 Å². The van der Waals surface area contributed by atoms with Crippen LogP contribution in [0.3, 0.4) is 0 Å². The van der Waals surface area contributed by atoms with Crippen LogP contribution in [0.1, 0.15) is 10.4 Å². The molecule has 8 heteroatoms. The number of carbonyl (C=O) groups is 1. The highest BCUT2D eigenvalue weighted by Crippen LogP contribution is 2.30. The van der Waals surface area contributed by atoms with E-state index in [-0.39, 0.29) is 12.1 Å². The molecule has 1 N–H and O–H groups in total. The number of hydrogen-bond acceptors (Lipinski definition) is 3. The van der Waals surface area contributed by atoms with Crippen molar-refractivity contribution in [2.24, 2.45) is 0 Å². The van der Waals surface area contributed by atoms with E-state index in [1.54, 1.807) is 6.20 Å². The van der Waals surface area contributed by atoms with Crippen LogP contribution in [0.25, 0.3) is 5.13 Å². The van der Waals surface area contributed by atoms with E-state index in [9.17, 15) is 18.0 Å². The van der Waals surface area contributed by atoms with Crippen LogP contribution in [0.15, 0.2) is 55.0 Å². The van der Waals surface area contributed by atoms with E-state index in [1.165, 1.54) is 23.5 Å². The topological polar surface area (TPSA) is 46.9 Å². The van der Waals surface area contributed by atoms with E-state index in [1.807, 2.05) is 29.1 Å². The lowest BCUT2D eigenvalue weighted by atomic mass is 10.2. The van der Waals surface area contributed by atoms with Gasteiger partial charge in [-0.25, -0.2) is 4.98 Å².